The number of piperidine rings is 2. The lowest BCUT2D eigenvalue weighted by Crippen LogP contribution is -2.49. The normalized spacial score (nSPS) is 21.1. The highest BCUT2D eigenvalue weighted by Gasteiger charge is 2.34. The summed E-state index contributed by atoms with van der Waals surface area (Å²) in [4.78, 5) is 3.07. The van der Waals surface area contributed by atoms with Crippen LogP contribution in [0, 0.1) is 5.92 Å². The van der Waals surface area contributed by atoms with Crippen LogP contribution in [0.5, 0.6) is 5.75 Å². The highest BCUT2D eigenvalue weighted by Crippen LogP contribution is 2.30. The summed E-state index contributed by atoms with van der Waals surface area (Å²) in [5, 5.41) is 5.71. The lowest BCUT2D eigenvalue weighted by molar-refractivity contribution is 0.0959. The summed E-state index contributed by atoms with van der Waals surface area (Å²) in [7, 11) is -1.75. The molecule has 0 saturated carbocycles. The monoisotopic (exact) mass is 633 g/mol. The summed E-state index contributed by atoms with van der Waals surface area (Å²) in [6.07, 6.45) is 9.00. The maximum absolute atomic E-state index is 13.6. The summed E-state index contributed by atoms with van der Waals surface area (Å²) in [6, 6.07) is 21.0. The summed E-state index contributed by atoms with van der Waals surface area (Å²) >= 11 is 0. The van der Waals surface area contributed by atoms with E-state index in [4.69, 9.17) is 4.74 Å². The molecule has 1 unspecified atom stereocenters. The molecular weight excluding hydrogens is 589 g/mol. The third-order valence-electron chi connectivity index (χ3n) is 9.53. The Bertz CT molecular complexity index is 1420. The molecule has 9 heteroatoms. The molecule has 2 aliphatic heterocycles. The Morgan fingerprint density at radius 1 is 0.857 bits per heavy atom. The van der Waals surface area contributed by atoms with E-state index in [2.05, 4.69) is 28.4 Å². The van der Waals surface area contributed by atoms with Gasteiger partial charge in [-0.05, 0) is 112 Å². The van der Waals surface area contributed by atoms with E-state index < -0.39 is 10.0 Å². The van der Waals surface area contributed by atoms with E-state index in [0.29, 0.717) is 30.1 Å². The molecule has 2 saturated heterocycles. The largest absolute Gasteiger partial charge is 0.497 e. The van der Waals surface area contributed by atoms with Crippen LogP contribution in [0.1, 0.15) is 49.7 Å². The molecule has 0 amide bonds. The smallest absolute Gasteiger partial charge is 0.243 e. The minimum atomic E-state index is -3.50. The van der Waals surface area contributed by atoms with Crippen LogP contribution in [0.4, 0.5) is 0 Å². The van der Waals surface area contributed by atoms with Crippen LogP contribution in [0.2, 0.25) is 0 Å². The van der Waals surface area contributed by atoms with Crippen molar-refractivity contribution in [2.75, 3.05) is 39.8 Å². The number of hydrogen-bond acceptors (Lipinski definition) is 5. The van der Waals surface area contributed by atoms with E-state index in [1.54, 1.807) is 17.5 Å². The average molecular weight is 635 g/mol. The van der Waals surface area contributed by atoms with Crippen molar-refractivity contribution in [3.63, 3.8) is 0 Å². The first-order valence-electron chi connectivity index (χ1n) is 15.1. The van der Waals surface area contributed by atoms with Crippen LogP contribution in [0.15, 0.2) is 65.6 Å². The fourth-order valence-corrected chi connectivity index (χ4v) is 8.79. The topological polar surface area (TPSA) is 61.9 Å². The molecular formula is C33H45Cl2N3O3S. The zero-order valence-corrected chi connectivity index (χ0v) is 27.0. The van der Waals surface area contributed by atoms with E-state index in [1.165, 1.54) is 36.8 Å². The lowest BCUT2D eigenvalue weighted by atomic mass is 9.93. The number of hydrogen-bond donors (Lipinski definition) is 1. The number of fused-ring (bicyclic) bond motifs is 2. The molecule has 1 atom stereocenters. The number of halogens is 2. The number of methoxy groups -OCH3 is 1. The maximum Gasteiger partial charge on any atom is 0.243 e. The second-order valence-electron chi connectivity index (χ2n) is 11.9. The van der Waals surface area contributed by atoms with E-state index in [9.17, 15) is 8.42 Å². The predicted molar refractivity (Wildman–Crippen MR) is 176 cm³/mol. The third kappa shape index (κ3) is 7.25. The number of ether oxygens (including phenoxy) is 1. The van der Waals surface area contributed by atoms with E-state index >= 15 is 0 Å². The molecule has 0 aromatic heterocycles. The van der Waals surface area contributed by atoms with Crippen LogP contribution >= 0.6 is 24.8 Å². The van der Waals surface area contributed by atoms with Crippen molar-refractivity contribution in [3.05, 3.63) is 71.8 Å². The van der Waals surface area contributed by atoms with E-state index in [0.717, 1.165) is 67.8 Å². The Kier molecular flexibility index (Phi) is 11.6. The molecule has 6 nitrogen and oxygen atoms in total. The Hall–Kier alpha value is -1.87. The maximum atomic E-state index is 13.6. The molecule has 230 valence electrons. The Morgan fingerprint density at radius 3 is 2.36 bits per heavy atom. The molecule has 0 spiro atoms. The molecule has 3 aromatic rings. The second-order valence-corrected chi connectivity index (χ2v) is 13.8. The zero-order valence-electron chi connectivity index (χ0n) is 24.5. The fourth-order valence-electron chi connectivity index (χ4n) is 7.11. The summed E-state index contributed by atoms with van der Waals surface area (Å²) in [5.74, 6) is 1.68. The van der Waals surface area contributed by atoms with E-state index in [-0.39, 0.29) is 24.8 Å². The number of benzene rings is 3. The first kappa shape index (κ1) is 33.0. The van der Waals surface area contributed by atoms with Crippen LogP contribution in [0.25, 0.3) is 10.8 Å². The molecule has 0 radical (unpaired) electrons. The fraction of sp³-hybridized carbons (Fsp3) is 0.515. The molecule has 42 heavy (non-hydrogen) atoms. The lowest BCUT2D eigenvalue weighted by Gasteiger charge is -2.41. The number of sulfonamides is 1. The van der Waals surface area contributed by atoms with Crippen molar-refractivity contribution < 1.29 is 13.2 Å². The summed E-state index contributed by atoms with van der Waals surface area (Å²) in [5.41, 5.74) is 2.92. The Morgan fingerprint density at radius 2 is 1.60 bits per heavy atom. The minimum absolute atomic E-state index is 0. The van der Waals surface area contributed by atoms with Gasteiger partial charge >= 0.3 is 0 Å². The number of likely N-dealkylation sites (tertiary alicyclic amines) is 1. The molecule has 2 fully saturated rings. The van der Waals surface area contributed by atoms with Crippen LogP contribution in [-0.4, -0.2) is 69.5 Å². The van der Waals surface area contributed by atoms with Crippen molar-refractivity contribution in [1.82, 2.24) is 14.5 Å². The first-order chi connectivity index (χ1) is 19.5. The van der Waals surface area contributed by atoms with Gasteiger partial charge in [0.2, 0.25) is 10.0 Å². The third-order valence-corrected chi connectivity index (χ3v) is 11.5. The highest BCUT2D eigenvalue weighted by atomic mass is 35.5. The van der Waals surface area contributed by atoms with Crippen LogP contribution < -0.4 is 10.1 Å². The number of nitrogens with zero attached hydrogens (tertiary/aromatic N) is 2. The SMILES string of the molecule is COc1ccc2c(c1)CC(NCC1CCN(C3CCN(S(=O)(=O)c4cccc5ccccc45)CC3)CC1)CCC2.Cl.Cl. The zero-order chi connectivity index (χ0) is 27.5. The molecule has 6 rings (SSSR count). The standard InChI is InChI=1S/C33H43N3O3S.2ClH/c1-39-31-13-12-26-7-4-9-29(22-28(26)23-31)34-24-25-14-18-35(19-15-25)30-16-20-36(21-17-30)40(37,38)33-11-5-8-27-6-2-3-10-32(27)33;;/h2-3,5-6,8,10-13,23,25,29-30,34H,4,7,9,14-22,24H2,1H3;2*1H. The van der Waals surface area contributed by atoms with Gasteiger partial charge in [0, 0.05) is 30.6 Å². The van der Waals surface area contributed by atoms with Gasteiger partial charge in [-0.25, -0.2) is 8.42 Å². The van der Waals surface area contributed by atoms with Gasteiger partial charge in [-0.15, -0.1) is 24.8 Å². The van der Waals surface area contributed by atoms with E-state index in [1.807, 2.05) is 36.4 Å². The van der Waals surface area contributed by atoms with Gasteiger partial charge in [-0.1, -0.05) is 42.5 Å². The quantitative estimate of drug-likeness (QED) is 0.319. The molecule has 1 aliphatic carbocycles. The van der Waals surface area contributed by atoms with Crippen LogP contribution in [-0.2, 0) is 22.9 Å². The number of aryl methyl sites for hydroxylation is 1. The van der Waals surface area contributed by atoms with Crippen molar-refractivity contribution in [2.45, 2.75) is 68.3 Å². The number of rotatable bonds is 7. The van der Waals surface area contributed by atoms with Gasteiger partial charge in [0.25, 0.3) is 0 Å². The summed E-state index contributed by atoms with van der Waals surface area (Å²) in [6.45, 7) is 4.55. The molecule has 3 aromatic carbocycles. The summed E-state index contributed by atoms with van der Waals surface area (Å²) < 4.78 is 34.3. The van der Waals surface area contributed by atoms with Gasteiger partial charge in [0.05, 0.1) is 12.0 Å². The van der Waals surface area contributed by atoms with Gasteiger partial charge < -0.3 is 15.0 Å². The van der Waals surface area contributed by atoms with Crippen molar-refractivity contribution >= 4 is 45.6 Å². The van der Waals surface area contributed by atoms with Gasteiger partial charge in [-0.3, -0.25) is 0 Å². The first-order valence-corrected chi connectivity index (χ1v) is 16.6. The second kappa shape index (κ2) is 14.7. The molecule has 3 aliphatic rings. The Balaban J connectivity index is 0.00000202. The molecule has 0 bridgehead atoms. The Labute approximate surface area is 264 Å². The average Bonchev–Trinajstić information content (AvgIpc) is 3.21. The predicted octanol–water partition coefficient (Wildman–Crippen LogP) is 6.09. The minimum Gasteiger partial charge on any atom is -0.497 e. The van der Waals surface area contributed by atoms with Gasteiger partial charge in [-0.2, -0.15) is 4.31 Å². The van der Waals surface area contributed by atoms with Gasteiger partial charge in [0.15, 0.2) is 0 Å². The molecule has 2 heterocycles. The number of nitrogens with one attached hydrogen (secondary N) is 1. The van der Waals surface area contributed by atoms with Crippen molar-refractivity contribution in [2.24, 2.45) is 5.92 Å². The van der Waals surface area contributed by atoms with Crippen molar-refractivity contribution in [1.29, 1.82) is 0 Å². The highest BCUT2D eigenvalue weighted by molar-refractivity contribution is 7.89. The van der Waals surface area contributed by atoms with Crippen molar-refractivity contribution in [3.8, 4) is 5.75 Å². The van der Waals surface area contributed by atoms with Gasteiger partial charge in [0.1, 0.15) is 5.75 Å². The van der Waals surface area contributed by atoms with Crippen LogP contribution in [0.3, 0.4) is 0 Å². The molecule has 1 N–H and O–H groups in total.